The van der Waals surface area contributed by atoms with E-state index in [1.165, 1.54) is 13.8 Å². The lowest BCUT2D eigenvalue weighted by Crippen LogP contribution is -2.38. The molecule has 0 spiro atoms. The van der Waals surface area contributed by atoms with Gasteiger partial charge in [-0.25, -0.2) is 0 Å². The normalized spacial score (nSPS) is 14.4. The molecule has 1 N–H and O–H groups in total. The van der Waals surface area contributed by atoms with Gasteiger partial charge in [-0.05, 0) is 19.8 Å². The van der Waals surface area contributed by atoms with Crippen molar-refractivity contribution in [2.45, 2.75) is 45.3 Å². The van der Waals surface area contributed by atoms with E-state index in [0.29, 0.717) is 11.7 Å². The number of carboxylic acids is 1. The summed E-state index contributed by atoms with van der Waals surface area (Å²) in [6.45, 7) is 7.12. The van der Waals surface area contributed by atoms with Crippen LogP contribution in [0.2, 0.25) is 0 Å². The standard InChI is InChI=1S/C10H20O3S/c1-5-8(6-2)7-14(13)10(3,4)9(11)12/h8H,5-7H2,1-4H3,(H,11,12). The highest BCUT2D eigenvalue weighted by molar-refractivity contribution is 7.87. The lowest BCUT2D eigenvalue weighted by atomic mass is 10.1. The van der Waals surface area contributed by atoms with E-state index in [2.05, 4.69) is 0 Å². The van der Waals surface area contributed by atoms with E-state index >= 15 is 0 Å². The number of hydrogen-bond donors (Lipinski definition) is 1. The smallest absolute Gasteiger partial charge is 0.321 e. The second-order valence-corrected chi connectivity index (χ2v) is 6.06. The molecule has 0 fully saturated rings. The number of hydrogen-bond acceptors (Lipinski definition) is 2. The molecule has 0 aromatic carbocycles. The van der Waals surface area contributed by atoms with Crippen molar-refractivity contribution in [3.8, 4) is 0 Å². The third-order valence-corrected chi connectivity index (χ3v) is 4.71. The Morgan fingerprint density at radius 2 is 1.79 bits per heavy atom. The number of rotatable bonds is 6. The van der Waals surface area contributed by atoms with Gasteiger partial charge in [0.1, 0.15) is 4.75 Å². The maximum Gasteiger partial charge on any atom is 0.321 e. The minimum absolute atomic E-state index is 0.370. The topological polar surface area (TPSA) is 54.4 Å². The van der Waals surface area contributed by atoms with Crippen LogP contribution in [0.5, 0.6) is 0 Å². The van der Waals surface area contributed by atoms with Gasteiger partial charge in [-0.3, -0.25) is 9.00 Å². The second kappa shape index (κ2) is 5.49. The molecule has 4 heteroatoms. The van der Waals surface area contributed by atoms with E-state index in [0.717, 1.165) is 12.8 Å². The summed E-state index contributed by atoms with van der Waals surface area (Å²) in [4.78, 5) is 10.8. The zero-order chi connectivity index (χ0) is 11.4. The second-order valence-electron chi connectivity index (χ2n) is 4.01. The van der Waals surface area contributed by atoms with Gasteiger partial charge in [0.05, 0.1) is 0 Å². The molecule has 0 heterocycles. The molecule has 0 rings (SSSR count). The van der Waals surface area contributed by atoms with Crippen LogP contribution >= 0.6 is 0 Å². The third kappa shape index (κ3) is 3.40. The predicted octanol–water partition coefficient (Wildman–Crippen LogP) is 2.03. The summed E-state index contributed by atoms with van der Waals surface area (Å²) in [6.07, 6.45) is 1.91. The first-order valence-electron chi connectivity index (χ1n) is 4.98. The highest BCUT2D eigenvalue weighted by atomic mass is 32.2. The number of aliphatic carboxylic acids is 1. The largest absolute Gasteiger partial charge is 0.480 e. The minimum atomic E-state index is -1.29. The Balaban J connectivity index is 4.40. The first-order valence-corrected chi connectivity index (χ1v) is 6.30. The van der Waals surface area contributed by atoms with Crippen molar-refractivity contribution in [2.24, 2.45) is 5.92 Å². The van der Waals surface area contributed by atoms with Crippen LogP contribution in [0.3, 0.4) is 0 Å². The summed E-state index contributed by atoms with van der Waals surface area (Å²) >= 11 is 0. The highest BCUT2D eigenvalue weighted by Crippen LogP contribution is 2.18. The van der Waals surface area contributed by atoms with Crippen molar-refractivity contribution in [1.29, 1.82) is 0 Å². The highest BCUT2D eigenvalue weighted by Gasteiger charge is 2.34. The van der Waals surface area contributed by atoms with Crippen LogP contribution in [-0.2, 0) is 15.6 Å². The van der Waals surface area contributed by atoms with E-state index in [-0.39, 0.29) is 0 Å². The van der Waals surface area contributed by atoms with Gasteiger partial charge in [0.2, 0.25) is 0 Å². The lowest BCUT2D eigenvalue weighted by Gasteiger charge is -2.21. The summed E-state index contributed by atoms with van der Waals surface area (Å²) < 4.78 is 10.6. The van der Waals surface area contributed by atoms with Crippen LogP contribution in [0.1, 0.15) is 40.5 Å². The molecule has 3 nitrogen and oxygen atoms in total. The molecule has 84 valence electrons. The molecule has 0 aliphatic rings. The zero-order valence-corrected chi connectivity index (χ0v) is 10.2. The van der Waals surface area contributed by atoms with Crippen LogP contribution in [0.25, 0.3) is 0 Å². The fourth-order valence-corrected chi connectivity index (χ4v) is 2.56. The molecule has 0 radical (unpaired) electrons. The monoisotopic (exact) mass is 220 g/mol. The molecule has 0 saturated carbocycles. The Hall–Kier alpha value is -0.380. The Kier molecular flexibility index (Phi) is 5.34. The SMILES string of the molecule is CCC(CC)CS(=O)C(C)(C)C(=O)O. The van der Waals surface area contributed by atoms with Crippen LogP contribution in [-0.4, -0.2) is 25.8 Å². The van der Waals surface area contributed by atoms with E-state index in [1.807, 2.05) is 13.8 Å². The van der Waals surface area contributed by atoms with Gasteiger partial charge < -0.3 is 5.11 Å². The van der Waals surface area contributed by atoms with Gasteiger partial charge >= 0.3 is 5.97 Å². The third-order valence-electron chi connectivity index (χ3n) is 2.63. The molecule has 0 aromatic rings. The van der Waals surface area contributed by atoms with Gasteiger partial charge in [-0.2, -0.15) is 0 Å². The van der Waals surface area contributed by atoms with E-state index in [4.69, 9.17) is 5.11 Å². The van der Waals surface area contributed by atoms with E-state index < -0.39 is 21.5 Å². The summed E-state index contributed by atoms with van der Waals surface area (Å²) in [5, 5.41) is 8.88. The van der Waals surface area contributed by atoms with Crippen molar-refractivity contribution in [2.75, 3.05) is 5.75 Å². The average Bonchev–Trinajstić information content (AvgIpc) is 2.13. The van der Waals surface area contributed by atoms with Crippen LogP contribution in [0.4, 0.5) is 0 Å². The average molecular weight is 220 g/mol. The van der Waals surface area contributed by atoms with E-state index in [1.54, 1.807) is 0 Å². The fraction of sp³-hybridized carbons (Fsp3) is 0.900. The van der Waals surface area contributed by atoms with Gasteiger partial charge in [0.25, 0.3) is 0 Å². The van der Waals surface area contributed by atoms with Crippen molar-refractivity contribution in [3.63, 3.8) is 0 Å². The van der Waals surface area contributed by atoms with Crippen LogP contribution < -0.4 is 0 Å². The van der Waals surface area contributed by atoms with Crippen LogP contribution in [0.15, 0.2) is 0 Å². The lowest BCUT2D eigenvalue weighted by molar-refractivity contribution is -0.139. The maximum absolute atomic E-state index is 11.8. The molecule has 0 saturated heterocycles. The molecule has 1 atom stereocenters. The van der Waals surface area contributed by atoms with Crippen molar-refractivity contribution in [1.82, 2.24) is 0 Å². The Morgan fingerprint density at radius 1 is 1.36 bits per heavy atom. The molecule has 0 amide bonds. The van der Waals surface area contributed by atoms with Crippen molar-refractivity contribution < 1.29 is 14.1 Å². The van der Waals surface area contributed by atoms with E-state index in [9.17, 15) is 9.00 Å². The summed E-state index contributed by atoms with van der Waals surface area (Å²) in [6, 6.07) is 0. The summed E-state index contributed by atoms with van der Waals surface area (Å²) in [5.41, 5.74) is 0. The molecule has 14 heavy (non-hydrogen) atoms. The Morgan fingerprint density at radius 3 is 2.07 bits per heavy atom. The Labute approximate surface area is 88.4 Å². The molecule has 1 unspecified atom stereocenters. The molecule has 0 aliphatic carbocycles. The predicted molar refractivity (Wildman–Crippen MR) is 58.8 cm³/mol. The number of carboxylic acid groups (broad SMARTS) is 1. The quantitative estimate of drug-likeness (QED) is 0.745. The van der Waals surface area contributed by atoms with Crippen LogP contribution in [0, 0.1) is 5.92 Å². The minimum Gasteiger partial charge on any atom is -0.480 e. The fourth-order valence-electron chi connectivity index (χ4n) is 1.04. The van der Waals surface area contributed by atoms with Gasteiger partial charge in [-0.15, -0.1) is 0 Å². The number of carbonyl (C=O) groups is 1. The summed E-state index contributed by atoms with van der Waals surface area (Å²) in [7, 11) is -1.29. The zero-order valence-electron chi connectivity index (χ0n) is 9.37. The molecule has 0 aromatic heterocycles. The van der Waals surface area contributed by atoms with Crippen molar-refractivity contribution >= 4 is 16.8 Å². The first kappa shape index (κ1) is 13.6. The summed E-state index contributed by atoms with van der Waals surface area (Å²) in [5.74, 6) is -0.122. The first-order chi connectivity index (χ1) is 6.36. The molecular weight excluding hydrogens is 200 g/mol. The molecule has 0 bridgehead atoms. The molecular formula is C10H20O3S. The van der Waals surface area contributed by atoms with Crippen molar-refractivity contribution in [3.05, 3.63) is 0 Å². The van der Waals surface area contributed by atoms with Gasteiger partial charge in [-0.1, -0.05) is 26.7 Å². The Bertz CT molecular complexity index is 219. The van der Waals surface area contributed by atoms with Gasteiger partial charge in [0, 0.05) is 16.6 Å². The maximum atomic E-state index is 11.8. The van der Waals surface area contributed by atoms with Gasteiger partial charge in [0.15, 0.2) is 0 Å². The molecule has 0 aliphatic heterocycles.